The van der Waals surface area contributed by atoms with Crippen molar-refractivity contribution in [1.82, 2.24) is 0 Å². The molecular weight excluding hydrogens is 202 g/mol. The molecule has 0 saturated heterocycles. The molecule has 0 heterocycles. The predicted octanol–water partition coefficient (Wildman–Crippen LogP) is 2.35. The lowest BCUT2D eigenvalue weighted by atomic mass is 10.1. The molecule has 2 rings (SSSR count). The van der Waals surface area contributed by atoms with Gasteiger partial charge in [0.05, 0.1) is 6.61 Å². The minimum atomic E-state index is -0.411. The summed E-state index contributed by atoms with van der Waals surface area (Å²) in [5.41, 5.74) is 5.71. The molecule has 86 valence electrons. The highest BCUT2D eigenvalue weighted by atomic mass is 16.5. The molecule has 1 aromatic carbocycles. The molecule has 2 N–H and O–H groups in total. The molecule has 0 unspecified atom stereocenters. The molecular formula is C13H17NO2. The maximum absolute atomic E-state index is 11.0. The quantitative estimate of drug-likeness (QED) is 0.845. The highest BCUT2D eigenvalue weighted by Gasteiger charge is 2.15. The molecule has 1 fully saturated rings. The number of nitrogens with two attached hydrogens (primary N) is 1. The number of carbonyl (C=O) groups excluding carboxylic acids is 1. The van der Waals surface area contributed by atoms with Crippen molar-refractivity contribution < 1.29 is 9.53 Å². The van der Waals surface area contributed by atoms with E-state index in [1.807, 2.05) is 6.07 Å². The van der Waals surface area contributed by atoms with Gasteiger partial charge in [-0.25, -0.2) is 0 Å². The monoisotopic (exact) mass is 219 g/mol. The van der Waals surface area contributed by atoms with Gasteiger partial charge in [0.2, 0.25) is 5.91 Å². The van der Waals surface area contributed by atoms with Gasteiger partial charge in [-0.2, -0.15) is 0 Å². The van der Waals surface area contributed by atoms with Crippen LogP contribution in [-0.2, 0) is 0 Å². The third-order valence-corrected chi connectivity index (χ3v) is 3.08. The van der Waals surface area contributed by atoms with E-state index in [0.717, 1.165) is 12.4 Å². The maximum atomic E-state index is 11.0. The third-order valence-electron chi connectivity index (χ3n) is 3.08. The highest BCUT2D eigenvalue weighted by Crippen LogP contribution is 2.25. The Balaban J connectivity index is 1.93. The summed E-state index contributed by atoms with van der Waals surface area (Å²) in [5.74, 6) is 1.01. The fourth-order valence-electron chi connectivity index (χ4n) is 2.13. The van der Waals surface area contributed by atoms with Crippen molar-refractivity contribution in [3.05, 3.63) is 29.8 Å². The number of hydrogen-bond acceptors (Lipinski definition) is 2. The maximum Gasteiger partial charge on any atom is 0.248 e. The van der Waals surface area contributed by atoms with Gasteiger partial charge < -0.3 is 10.5 Å². The van der Waals surface area contributed by atoms with Crippen LogP contribution in [0.1, 0.15) is 36.0 Å². The number of hydrogen-bond donors (Lipinski definition) is 1. The average Bonchev–Trinajstić information content (AvgIpc) is 2.79. The molecule has 1 amide bonds. The standard InChI is InChI=1S/C13H17NO2/c14-13(15)11-6-3-7-12(8-11)16-9-10-4-1-2-5-10/h3,6-8,10H,1-2,4-5,9H2,(H2,14,15). The molecule has 0 aromatic heterocycles. The minimum Gasteiger partial charge on any atom is -0.493 e. The van der Waals surface area contributed by atoms with Gasteiger partial charge in [-0.05, 0) is 37.0 Å². The largest absolute Gasteiger partial charge is 0.493 e. The van der Waals surface area contributed by atoms with Gasteiger partial charge >= 0.3 is 0 Å². The summed E-state index contributed by atoms with van der Waals surface area (Å²) in [4.78, 5) is 11.0. The lowest BCUT2D eigenvalue weighted by Gasteiger charge is -2.11. The number of carbonyl (C=O) groups is 1. The van der Waals surface area contributed by atoms with Crippen LogP contribution in [0.25, 0.3) is 0 Å². The van der Waals surface area contributed by atoms with Crippen molar-refractivity contribution >= 4 is 5.91 Å². The smallest absolute Gasteiger partial charge is 0.248 e. The van der Waals surface area contributed by atoms with Gasteiger partial charge in [0.25, 0.3) is 0 Å². The van der Waals surface area contributed by atoms with E-state index in [9.17, 15) is 4.79 Å². The summed E-state index contributed by atoms with van der Waals surface area (Å²) in [5, 5.41) is 0. The van der Waals surface area contributed by atoms with E-state index in [-0.39, 0.29) is 0 Å². The zero-order valence-corrected chi connectivity index (χ0v) is 9.32. The van der Waals surface area contributed by atoms with Crippen molar-refractivity contribution in [2.75, 3.05) is 6.61 Å². The summed E-state index contributed by atoms with van der Waals surface area (Å²) in [6, 6.07) is 7.06. The average molecular weight is 219 g/mol. The van der Waals surface area contributed by atoms with Crippen LogP contribution in [0.2, 0.25) is 0 Å². The molecule has 0 bridgehead atoms. The molecule has 3 nitrogen and oxygen atoms in total. The van der Waals surface area contributed by atoms with E-state index in [1.54, 1.807) is 18.2 Å². The Hall–Kier alpha value is -1.51. The second kappa shape index (κ2) is 5.01. The van der Waals surface area contributed by atoms with E-state index < -0.39 is 5.91 Å². The van der Waals surface area contributed by atoms with Gasteiger partial charge in [-0.15, -0.1) is 0 Å². The number of ether oxygens (including phenoxy) is 1. The Kier molecular flexibility index (Phi) is 3.44. The van der Waals surface area contributed by atoms with Crippen molar-refractivity contribution in [3.8, 4) is 5.75 Å². The van der Waals surface area contributed by atoms with Crippen molar-refractivity contribution in [2.24, 2.45) is 11.7 Å². The molecule has 0 atom stereocenters. The van der Waals surface area contributed by atoms with E-state index in [1.165, 1.54) is 25.7 Å². The molecule has 0 spiro atoms. The summed E-state index contributed by atoms with van der Waals surface area (Å²) in [7, 11) is 0. The molecule has 16 heavy (non-hydrogen) atoms. The van der Waals surface area contributed by atoms with E-state index in [2.05, 4.69) is 0 Å². The zero-order chi connectivity index (χ0) is 11.4. The number of primary amides is 1. The fourth-order valence-corrected chi connectivity index (χ4v) is 2.13. The van der Waals surface area contributed by atoms with Crippen LogP contribution in [0.15, 0.2) is 24.3 Å². The van der Waals surface area contributed by atoms with Crippen LogP contribution < -0.4 is 10.5 Å². The number of amides is 1. The van der Waals surface area contributed by atoms with Gasteiger partial charge in [0.1, 0.15) is 5.75 Å². The van der Waals surface area contributed by atoms with Crippen molar-refractivity contribution in [2.45, 2.75) is 25.7 Å². The Morgan fingerprint density at radius 2 is 2.12 bits per heavy atom. The van der Waals surface area contributed by atoms with Crippen LogP contribution in [0.4, 0.5) is 0 Å². The SMILES string of the molecule is NC(=O)c1cccc(OCC2CCCC2)c1. The lowest BCUT2D eigenvalue weighted by molar-refractivity contribution is 0.0999. The van der Waals surface area contributed by atoms with Crippen LogP contribution in [0.5, 0.6) is 5.75 Å². The molecule has 1 aliphatic rings. The zero-order valence-electron chi connectivity index (χ0n) is 9.32. The Morgan fingerprint density at radius 3 is 2.81 bits per heavy atom. The second-order valence-corrected chi connectivity index (χ2v) is 4.35. The first-order valence-corrected chi connectivity index (χ1v) is 5.78. The van der Waals surface area contributed by atoms with Gasteiger partial charge in [-0.3, -0.25) is 4.79 Å². The molecule has 1 aromatic rings. The number of rotatable bonds is 4. The molecule has 1 aliphatic carbocycles. The molecule has 0 radical (unpaired) electrons. The van der Waals surface area contributed by atoms with Crippen LogP contribution in [-0.4, -0.2) is 12.5 Å². The van der Waals surface area contributed by atoms with E-state index in [0.29, 0.717) is 11.5 Å². The molecule has 3 heteroatoms. The first-order chi connectivity index (χ1) is 7.75. The van der Waals surface area contributed by atoms with E-state index >= 15 is 0 Å². The van der Waals surface area contributed by atoms with Crippen LogP contribution in [0.3, 0.4) is 0 Å². The minimum absolute atomic E-state index is 0.411. The first kappa shape index (κ1) is 11.0. The number of benzene rings is 1. The Morgan fingerprint density at radius 1 is 1.38 bits per heavy atom. The summed E-state index contributed by atoms with van der Waals surface area (Å²) in [6.07, 6.45) is 5.15. The topological polar surface area (TPSA) is 52.3 Å². The van der Waals surface area contributed by atoms with Gasteiger partial charge in [0.15, 0.2) is 0 Å². The van der Waals surface area contributed by atoms with Gasteiger partial charge in [-0.1, -0.05) is 18.9 Å². The predicted molar refractivity (Wildman–Crippen MR) is 62.4 cm³/mol. The normalized spacial score (nSPS) is 16.2. The fraction of sp³-hybridized carbons (Fsp3) is 0.462. The molecule has 1 saturated carbocycles. The van der Waals surface area contributed by atoms with Crippen LogP contribution >= 0.6 is 0 Å². The lowest BCUT2D eigenvalue weighted by Crippen LogP contribution is -2.12. The summed E-state index contributed by atoms with van der Waals surface area (Å²) in [6.45, 7) is 0.752. The molecule has 0 aliphatic heterocycles. The Labute approximate surface area is 95.6 Å². The van der Waals surface area contributed by atoms with Crippen LogP contribution in [0, 0.1) is 5.92 Å². The van der Waals surface area contributed by atoms with Crippen molar-refractivity contribution in [3.63, 3.8) is 0 Å². The Bertz CT molecular complexity index is 370. The highest BCUT2D eigenvalue weighted by molar-refractivity contribution is 5.93. The third kappa shape index (κ3) is 2.75. The van der Waals surface area contributed by atoms with Crippen molar-refractivity contribution in [1.29, 1.82) is 0 Å². The summed E-state index contributed by atoms with van der Waals surface area (Å²) < 4.78 is 5.67. The van der Waals surface area contributed by atoms with Gasteiger partial charge in [0, 0.05) is 5.56 Å². The summed E-state index contributed by atoms with van der Waals surface area (Å²) >= 11 is 0. The van der Waals surface area contributed by atoms with E-state index in [4.69, 9.17) is 10.5 Å². The first-order valence-electron chi connectivity index (χ1n) is 5.78. The second-order valence-electron chi connectivity index (χ2n) is 4.35.